The fourth-order valence-corrected chi connectivity index (χ4v) is 5.53. The zero-order valence-corrected chi connectivity index (χ0v) is 15.8. The lowest BCUT2D eigenvalue weighted by molar-refractivity contribution is 0.426. The highest BCUT2D eigenvalue weighted by molar-refractivity contribution is 7.93. The molecule has 0 radical (unpaired) electrons. The normalized spacial score (nSPS) is 11.7. The van der Waals surface area contributed by atoms with Gasteiger partial charge in [0, 0.05) is 15.8 Å². The SMILES string of the molecule is Cc1cc(-c2c(C)sc(C)c2S(=O)(=O)Nc2ccc(C)c(F)c2)on1. The first-order valence-corrected chi connectivity index (χ1v) is 9.81. The molecule has 132 valence electrons. The summed E-state index contributed by atoms with van der Waals surface area (Å²) in [5.74, 6) is -0.0701. The molecule has 3 rings (SSSR count). The van der Waals surface area contributed by atoms with Gasteiger partial charge >= 0.3 is 0 Å². The molecule has 0 atom stereocenters. The molecule has 0 saturated heterocycles. The van der Waals surface area contributed by atoms with Gasteiger partial charge in [0.05, 0.1) is 16.9 Å². The fourth-order valence-electron chi connectivity index (χ4n) is 2.62. The molecule has 2 aromatic heterocycles. The number of hydrogen-bond acceptors (Lipinski definition) is 5. The first-order valence-electron chi connectivity index (χ1n) is 7.51. The second-order valence-electron chi connectivity index (χ2n) is 5.82. The van der Waals surface area contributed by atoms with Crippen molar-refractivity contribution in [3.63, 3.8) is 0 Å². The van der Waals surface area contributed by atoms with Gasteiger partial charge in [0.2, 0.25) is 0 Å². The average molecular weight is 380 g/mol. The van der Waals surface area contributed by atoms with Crippen molar-refractivity contribution in [3.8, 4) is 11.3 Å². The van der Waals surface area contributed by atoms with Crippen LogP contribution in [0.1, 0.15) is 21.0 Å². The van der Waals surface area contributed by atoms with E-state index in [1.807, 2.05) is 6.92 Å². The van der Waals surface area contributed by atoms with E-state index in [0.717, 1.165) is 4.88 Å². The number of nitrogens with one attached hydrogen (secondary N) is 1. The molecule has 0 fully saturated rings. The van der Waals surface area contributed by atoms with Gasteiger partial charge in [-0.2, -0.15) is 0 Å². The molecule has 0 amide bonds. The third kappa shape index (κ3) is 3.32. The minimum atomic E-state index is -3.92. The van der Waals surface area contributed by atoms with Crippen molar-refractivity contribution in [3.05, 3.63) is 51.1 Å². The van der Waals surface area contributed by atoms with Crippen molar-refractivity contribution in [2.24, 2.45) is 0 Å². The molecule has 0 aliphatic heterocycles. The van der Waals surface area contributed by atoms with Gasteiger partial charge in [0.25, 0.3) is 10.0 Å². The predicted octanol–water partition coefficient (Wildman–Crippen LogP) is 4.58. The van der Waals surface area contributed by atoms with Gasteiger partial charge in [0.15, 0.2) is 5.76 Å². The molecule has 0 unspecified atom stereocenters. The van der Waals surface area contributed by atoms with Crippen LogP contribution in [-0.2, 0) is 10.0 Å². The Hall–Kier alpha value is -2.19. The molecular weight excluding hydrogens is 363 g/mol. The van der Waals surface area contributed by atoms with Crippen molar-refractivity contribution < 1.29 is 17.3 Å². The number of aromatic nitrogens is 1. The maximum absolute atomic E-state index is 13.7. The molecule has 3 aromatic rings. The van der Waals surface area contributed by atoms with Gasteiger partial charge in [-0.3, -0.25) is 4.72 Å². The summed E-state index contributed by atoms with van der Waals surface area (Å²) in [6.07, 6.45) is 0. The molecule has 0 bridgehead atoms. The number of halogens is 1. The lowest BCUT2D eigenvalue weighted by atomic mass is 10.2. The Balaban J connectivity index is 2.10. The topological polar surface area (TPSA) is 72.2 Å². The van der Waals surface area contributed by atoms with E-state index in [1.54, 1.807) is 26.8 Å². The maximum atomic E-state index is 13.7. The smallest absolute Gasteiger partial charge is 0.263 e. The van der Waals surface area contributed by atoms with Gasteiger partial charge in [-0.1, -0.05) is 11.2 Å². The Labute approximate surface area is 149 Å². The Bertz CT molecular complexity index is 1050. The standard InChI is InChI=1S/C17H17FN2O3S2/c1-9-5-6-13(8-14(9)18)20-25(21,22)17-12(4)24-11(3)16(17)15-7-10(2)19-23-15/h5-8,20H,1-4H3. The number of hydrogen-bond donors (Lipinski definition) is 1. The summed E-state index contributed by atoms with van der Waals surface area (Å²) in [5, 5.41) is 3.84. The van der Waals surface area contributed by atoms with Crippen LogP contribution in [0.15, 0.2) is 33.7 Å². The van der Waals surface area contributed by atoms with Gasteiger partial charge in [-0.25, -0.2) is 12.8 Å². The van der Waals surface area contributed by atoms with E-state index >= 15 is 0 Å². The Kier molecular flexibility index (Phi) is 4.42. The summed E-state index contributed by atoms with van der Waals surface area (Å²) < 4.78 is 47.3. The molecule has 1 N–H and O–H groups in total. The molecule has 0 spiro atoms. The van der Waals surface area contributed by atoms with E-state index in [9.17, 15) is 12.8 Å². The molecule has 0 aliphatic carbocycles. The van der Waals surface area contributed by atoms with Crippen molar-refractivity contribution in [2.75, 3.05) is 4.72 Å². The van der Waals surface area contributed by atoms with Crippen LogP contribution in [0.4, 0.5) is 10.1 Å². The van der Waals surface area contributed by atoms with E-state index in [-0.39, 0.29) is 10.6 Å². The average Bonchev–Trinajstić information content (AvgIpc) is 3.05. The van der Waals surface area contributed by atoms with E-state index in [2.05, 4.69) is 9.88 Å². The van der Waals surface area contributed by atoms with Crippen LogP contribution < -0.4 is 4.72 Å². The third-order valence-electron chi connectivity index (χ3n) is 3.77. The summed E-state index contributed by atoms with van der Waals surface area (Å²) in [6.45, 7) is 6.94. The number of anilines is 1. The number of aryl methyl sites for hydroxylation is 4. The summed E-state index contributed by atoms with van der Waals surface area (Å²) >= 11 is 1.36. The zero-order valence-electron chi connectivity index (χ0n) is 14.2. The Morgan fingerprint density at radius 1 is 1.12 bits per heavy atom. The van der Waals surface area contributed by atoms with Crippen LogP contribution in [0, 0.1) is 33.5 Å². The molecular formula is C17H17FN2O3S2. The number of benzene rings is 1. The van der Waals surface area contributed by atoms with Crippen LogP contribution in [0.3, 0.4) is 0 Å². The van der Waals surface area contributed by atoms with Crippen LogP contribution in [-0.4, -0.2) is 13.6 Å². The van der Waals surface area contributed by atoms with Crippen molar-refractivity contribution >= 4 is 27.0 Å². The summed E-state index contributed by atoms with van der Waals surface area (Å²) in [4.78, 5) is 1.57. The summed E-state index contributed by atoms with van der Waals surface area (Å²) in [7, 11) is -3.92. The van der Waals surface area contributed by atoms with E-state index in [0.29, 0.717) is 27.5 Å². The van der Waals surface area contributed by atoms with Gasteiger partial charge in [0.1, 0.15) is 10.7 Å². The minimum absolute atomic E-state index is 0.132. The second kappa shape index (κ2) is 6.27. The largest absolute Gasteiger partial charge is 0.356 e. The summed E-state index contributed by atoms with van der Waals surface area (Å²) in [6, 6.07) is 5.92. The van der Waals surface area contributed by atoms with E-state index in [1.165, 1.54) is 29.5 Å². The lowest BCUT2D eigenvalue weighted by Crippen LogP contribution is -2.14. The second-order valence-corrected chi connectivity index (χ2v) is 8.87. The molecule has 8 heteroatoms. The van der Waals surface area contributed by atoms with Crippen LogP contribution >= 0.6 is 11.3 Å². The molecule has 1 aromatic carbocycles. The maximum Gasteiger partial charge on any atom is 0.263 e. The van der Waals surface area contributed by atoms with Crippen LogP contribution in [0.2, 0.25) is 0 Å². The van der Waals surface area contributed by atoms with Crippen LogP contribution in [0.5, 0.6) is 0 Å². The number of nitrogens with zero attached hydrogens (tertiary/aromatic N) is 1. The predicted molar refractivity (Wildman–Crippen MR) is 96.0 cm³/mol. The monoisotopic (exact) mass is 380 g/mol. The number of thiophene rings is 1. The summed E-state index contributed by atoms with van der Waals surface area (Å²) in [5.41, 5.74) is 1.77. The van der Waals surface area contributed by atoms with E-state index < -0.39 is 15.8 Å². The van der Waals surface area contributed by atoms with Gasteiger partial charge in [-0.05, 0) is 45.4 Å². The molecule has 0 aliphatic rings. The fraction of sp³-hybridized carbons (Fsp3) is 0.235. The highest BCUT2D eigenvalue weighted by Crippen LogP contribution is 2.39. The number of rotatable bonds is 4. The van der Waals surface area contributed by atoms with E-state index in [4.69, 9.17) is 4.52 Å². The Morgan fingerprint density at radius 2 is 1.84 bits per heavy atom. The zero-order chi connectivity index (χ0) is 18.4. The minimum Gasteiger partial charge on any atom is -0.356 e. The quantitative estimate of drug-likeness (QED) is 0.719. The van der Waals surface area contributed by atoms with Crippen molar-refractivity contribution in [1.29, 1.82) is 0 Å². The first-order chi connectivity index (χ1) is 11.7. The molecule has 2 heterocycles. The highest BCUT2D eigenvalue weighted by Gasteiger charge is 2.28. The molecule has 25 heavy (non-hydrogen) atoms. The third-order valence-corrected chi connectivity index (χ3v) is 6.47. The van der Waals surface area contributed by atoms with Crippen LogP contribution in [0.25, 0.3) is 11.3 Å². The van der Waals surface area contributed by atoms with Crippen molar-refractivity contribution in [1.82, 2.24) is 5.16 Å². The Morgan fingerprint density at radius 3 is 2.44 bits per heavy atom. The van der Waals surface area contributed by atoms with Gasteiger partial charge in [-0.15, -0.1) is 11.3 Å². The molecule has 5 nitrogen and oxygen atoms in total. The van der Waals surface area contributed by atoms with Crippen molar-refractivity contribution in [2.45, 2.75) is 32.6 Å². The molecule has 0 saturated carbocycles. The first kappa shape index (κ1) is 17.6. The lowest BCUT2D eigenvalue weighted by Gasteiger charge is -2.10. The highest BCUT2D eigenvalue weighted by atomic mass is 32.2. The number of sulfonamides is 1. The van der Waals surface area contributed by atoms with Gasteiger partial charge < -0.3 is 4.52 Å².